The van der Waals surface area contributed by atoms with Gasteiger partial charge in [0.2, 0.25) is 0 Å². The van der Waals surface area contributed by atoms with Crippen LogP contribution in [0.3, 0.4) is 0 Å². The summed E-state index contributed by atoms with van der Waals surface area (Å²) in [5.74, 6) is 0.109. The molecule has 0 aliphatic carbocycles. The fourth-order valence-corrected chi connectivity index (χ4v) is 1.93. The molecule has 0 atom stereocenters. The zero-order valence-electron chi connectivity index (χ0n) is 9.48. The fraction of sp³-hybridized carbons (Fsp3) is 0.143. The van der Waals surface area contributed by atoms with Gasteiger partial charge in [-0.3, -0.25) is 9.78 Å². The number of ketones is 1. The van der Waals surface area contributed by atoms with Gasteiger partial charge in [-0.15, -0.1) is 0 Å². The smallest absolute Gasteiger partial charge is 0.169 e. The highest BCUT2D eigenvalue weighted by atomic mass is 79.9. The molecular weight excluding hydrogens is 278 g/mol. The molecule has 2 nitrogen and oxygen atoms in total. The molecule has 0 fully saturated rings. The minimum Gasteiger partial charge on any atom is -0.294 e. The molecule has 0 saturated heterocycles. The van der Waals surface area contributed by atoms with Crippen LogP contribution in [0, 0.1) is 6.92 Å². The SMILES string of the molecule is Cc1ncccc1C(=O)Cc1ccc(Br)cc1. The molecule has 0 saturated carbocycles. The first-order chi connectivity index (χ1) is 8.16. The Morgan fingerprint density at radius 3 is 2.59 bits per heavy atom. The Bertz CT molecular complexity index is 534. The number of nitrogens with zero attached hydrogens (tertiary/aromatic N) is 1. The largest absolute Gasteiger partial charge is 0.294 e. The van der Waals surface area contributed by atoms with Crippen molar-refractivity contribution in [1.29, 1.82) is 0 Å². The van der Waals surface area contributed by atoms with E-state index in [0.717, 1.165) is 15.7 Å². The maximum absolute atomic E-state index is 12.1. The van der Waals surface area contributed by atoms with Gasteiger partial charge in [0, 0.05) is 28.3 Å². The van der Waals surface area contributed by atoms with E-state index in [2.05, 4.69) is 20.9 Å². The number of hydrogen-bond donors (Lipinski definition) is 0. The van der Waals surface area contributed by atoms with Crippen molar-refractivity contribution >= 4 is 21.7 Å². The molecular formula is C14H12BrNO. The van der Waals surface area contributed by atoms with E-state index in [4.69, 9.17) is 0 Å². The molecule has 0 aliphatic heterocycles. The predicted octanol–water partition coefficient (Wildman–Crippen LogP) is 3.58. The number of rotatable bonds is 3. The number of Topliss-reactive ketones (excluding diaryl/α,β-unsaturated/α-hetero) is 1. The Labute approximate surface area is 109 Å². The van der Waals surface area contributed by atoms with E-state index in [1.807, 2.05) is 37.3 Å². The third kappa shape index (κ3) is 3.01. The second-order valence-electron chi connectivity index (χ2n) is 3.86. The van der Waals surface area contributed by atoms with Crippen molar-refractivity contribution in [2.45, 2.75) is 13.3 Å². The van der Waals surface area contributed by atoms with Gasteiger partial charge in [-0.25, -0.2) is 0 Å². The van der Waals surface area contributed by atoms with Gasteiger partial charge in [0.1, 0.15) is 0 Å². The maximum Gasteiger partial charge on any atom is 0.169 e. The van der Waals surface area contributed by atoms with Gasteiger partial charge in [-0.1, -0.05) is 28.1 Å². The van der Waals surface area contributed by atoms with Crippen LogP contribution in [0.1, 0.15) is 21.6 Å². The Kier molecular flexibility index (Phi) is 3.69. The lowest BCUT2D eigenvalue weighted by atomic mass is 10.0. The van der Waals surface area contributed by atoms with Crippen molar-refractivity contribution < 1.29 is 4.79 Å². The minimum absolute atomic E-state index is 0.109. The van der Waals surface area contributed by atoms with Crippen molar-refractivity contribution in [3.63, 3.8) is 0 Å². The van der Waals surface area contributed by atoms with Crippen LogP contribution in [0.25, 0.3) is 0 Å². The summed E-state index contributed by atoms with van der Waals surface area (Å²) in [6.07, 6.45) is 2.12. The molecule has 0 N–H and O–H groups in total. The van der Waals surface area contributed by atoms with Crippen LogP contribution in [0.2, 0.25) is 0 Å². The summed E-state index contributed by atoms with van der Waals surface area (Å²) in [4.78, 5) is 16.2. The molecule has 0 spiro atoms. The third-order valence-corrected chi connectivity index (χ3v) is 3.11. The molecule has 1 aromatic carbocycles. The molecule has 1 heterocycles. The third-order valence-electron chi connectivity index (χ3n) is 2.59. The molecule has 2 aromatic rings. The van der Waals surface area contributed by atoms with Gasteiger partial charge in [0.25, 0.3) is 0 Å². The van der Waals surface area contributed by atoms with Gasteiger partial charge >= 0.3 is 0 Å². The number of aromatic nitrogens is 1. The monoisotopic (exact) mass is 289 g/mol. The van der Waals surface area contributed by atoms with Crippen LogP contribution < -0.4 is 0 Å². The highest BCUT2D eigenvalue weighted by Gasteiger charge is 2.09. The Morgan fingerprint density at radius 2 is 1.94 bits per heavy atom. The van der Waals surface area contributed by atoms with E-state index in [-0.39, 0.29) is 5.78 Å². The highest BCUT2D eigenvalue weighted by molar-refractivity contribution is 9.10. The van der Waals surface area contributed by atoms with E-state index >= 15 is 0 Å². The Morgan fingerprint density at radius 1 is 1.24 bits per heavy atom. The highest BCUT2D eigenvalue weighted by Crippen LogP contribution is 2.13. The number of pyridine rings is 1. The first kappa shape index (κ1) is 12.0. The summed E-state index contributed by atoms with van der Waals surface area (Å²) < 4.78 is 1.02. The Hall–Kier alpha value is -1.48. The first-order valence-corrected chi connectivity index (χ1v) is 6.15. The van der Waals surface area contributed by atoms with E-state index in [1.54, 1.807) is 12.3 Å². The summed E-state index contributed by atoms with van der Waals surface area (Å²) >= 11 is 3.37. The fourth-order valence-electron chi connectivity index (χ4n) is 1.66. The van der Waals surface area contributed by atoms with Crippen molar-refractivity contribution in [3.05, 3.63) is 63.9 Å². The van der Waals surface area contributed by atoms with Crippen LogP contribution in [-0.2, 0) is 6.42 Å². The number of carbonyl (C=O) groups excluding carboxylic acids is 1. The van der Waals surface area contributed by atoms with E-state index in [1.165, 1.54) is 0 Å². The number of aryl methyl sites for hydroxylation is 1. The van der Waals surface area contributed by atoms with Crippen LogP contribution in [0.15, 0.2) is 47.1 Å². The van der Waals surface area contributed by atoms with Crippen LogP contribution in [0.4, 0.5) is 0 Å². The lowest BCUT2D eigenvalue weighted by Gasteiger charge is -2.04. The van der Waals surface area contributed by atoms with E-state index < -0.39 is 0 Å². The second-order valence-corrected chi connectivity index (χ2v) is 4.78. The van der Waals surface area contributed by atoms with Gasteiger partial charge in [-0.2, -0.15) is 0 Å². The molecule has 2 rings (SSSR count). The molecule has 0 unspecified atom stereocenters. The topological polar surface area (TPSA) is 30.0 Å². The van der Waals surface area contributed by atoms with Gasteiger partial charge in [0.15, 0.2) is 5.78 Å². The standard InChI is InChI=1S/C14H12BrNO/c1-10-13(3-2-8-16-10)14(17)9-11-4-6-12(15)7-5-11/h2-8H,9H2,1H3. The number of hydrogen-bond acceptors (Lipinski definition) is 2. The molecule has 86 valence electrons. The van der Waals surface area contributed by atoms with Crippen LogP contribution in [0.5, 0.6) is 0 Å². The maximum atomic E-state index is 12.1. The summed E-state index contributed by atoms with van der Waals surface area (Å²) in [6, 6.07) is 11.4. The van der Waals surface area contributed by atoms with Gasteiger partial charge < -0.3 is 0 Å². The van der Waals surface area contributed by atoms with E-state index in [9.17, 15) is 4.79 Å². The van der Waals surface area contributed by atoms with Crippen molar-refractivity contribution in [3.8, 4) is 0 Å². The summed E-state index contributed by atoms with van der Waals surface area (Å²) in [5.41, 5.74) is 2.51. The van der Waals surface area contributed by atoms with Crippen molar-refractivity contribution in [1.82, 2.24) is 4.98 Å². The van der Waals surface area contributed by atoms with Crippen LogP contribution >= 0.6 is 15.9 Å². The lowest BCUT2D eigenvalue weighted by Crippen LogP contribution is -2.06. The molecule has 3 heteroatoms. The molecule has 17 heavy (non-hydrogen) atoms. The summed E-state index contributed by atoms with van der Waals surface area (Å²) in [6.45, 7) is 1.86. The molecule has 1 aromatic heterocycles. The average molecular weight is 290 g/mol. The van der Waals surface area contributed by atoms with Gasteiger partial charge in [-0.05, 0) is 36.8 Å². The average Bonchev–Trinajstić information content (AvgIpc) is 2.32. The van der Waals surface area contributed by atoms with Crippen LogP contribution in [-0.4, -0.2) is 10.8 Å². The lowest BCUT2D eigenvalue weighted by molar-refractivity contribution is 0.0992. The number of halogens is 1. The minimum atomic E-state index is 0.109. The second kappa shape index (κ2) is 5.23. The summed E-state index contributed by atoms with van der Waals surface area (Å²) in [7, 11) is 0. The number of carbonyl (C=O) groups is 1. The molecule has 0 aliphatic rings. The first-order valence-electron chi connectivity index (χ1n) is 5.36. The quantitative estimate of drug-likeness (QED) is 0.809. The zero-order chi connectivity index (χ0) is 12.3. The van der Waals surface area contributed by atoms with E-state index in [0.29, 0.717) is 12.0 Å². The summed E-state index contributed by atoms with van der Waals surface area (Å²) in [5, 5.41) is 0. The normalized spacial score (nSPS) is 10.2. The Balaban J connectivity index is 2.17. The molecule has 0 bridgehead atoms. The number of benzene rings is 1. The van der Waals surface area contributed by atoms with Gasteiger partial charge in [0.05, 0.1) is 0 Å². The molecule has 0 radical (unpaired) electrons. The molecule has 0 amide bonds. The van der Waals surface area contributed by atoms with Crippen molar-refractivity contribution in [2.75, 3.05) is 0 Å². The van der Waals surface area contributed by atoms with Crippen molar-refractivity contribution in [2.24, 2.45) is 0 Å². The zero-order valence-corrected chi connectivity index (χ0v) is 11.1. The predicted molar refractivity (Wildman–Crippen MR) is 71.2 cm³/mol.